The van der Waals surface area contributed by atoms with Gasteiger partial charge in [-0.15, -0.1) is 5.16 Å². The second-order valence-corrected chi connectivity index (χ2v) is 6.50. The highest BCUT2D eigenvalue weighted by atomic mass is 16.6. The van der Waals surface area contributed by atoms with Crippen molar-refractivity contribution in [1.82, 2.24) is 0 Å². The lowest BCUT2D eigenvalue weighted by molar-refractivity contribution is -0.155. The minimum Gasteiger partial charge on any atom is -0.460 e. The van der Waals surface area contributed by atoms with Crippen LogP contribution in [0.1, 0.15) is 45.6 Å². The maximum absolute atomic E-state index is 11.8. The van der Waals surface area contributed by atoms with Crippen LogP contribution in [0.25, 0.3) is 0 Å². The van der Waals surface area contributed by atoms with Gasteiger partial charge in [-0.25, -0.2) is 0 Å². The summed E-state index contributed by atoms with van der Waals surface area (Å²) in [5.41, 5.74) is 0.631. The van der Waals surface area contributed by atoms with Gasteiger partial charge in [0.15, 0.2) is 0 Å². The van der Waals surface area contributed by atoms with Crippen molar-refractivity contribution < 1.29 is 19.5 Å². The van der Waals surface area contributed by atoms with Crippen molar-refractivity contribution in [3.8, 4) is 0 Å². The van der Waals surface area contributed by atoms with Gasteiger partial charge in [0, 0.05) is 18.7 Å². The Morgan fingerprint density at radius 3 is 2.61 bits per heavy atom. The Kier molecular flexibility index (Phi) is 8.33. The molecular weight excluding hydrogens is 294 g/mol. The van der Waals surface area contributed by atoms with E-state index in [-0.39, 0.29) is 18.3 Å². The number of benzene rings is 1. The number of hydrogen-bond acceptors (Lipinski definition) is 5. The summed E-state index contributed by atoms with van der Waals surface area (Å²) in [4.78, 5) is 11.8. The molecule has 0 spiro atoms. The van der Waals surface area contributed by atoms with Gasteiger partial charge in [-0.3, -0.25) is 4.79 Å². The standard InChI is InChI=1S/C18H27NO4/c1-18(2,3)23-17(20)12-16(13-19-21)10-7-11-22-14-15-8-5-4-6-9-15/h4-6,8-9,13,16,21H,7,10-12,14H2,1-3H3/b19-13+/t16-/m0/s1. The highest BCUT2D eigenvalue weighted by Crippen LogP contribution is 2.15. The minimum atomic E-state index is -0.503. The zero-order valence-electron chi connectivity index (χ0n) is 14.2. The normalized spacial score (nSPS) is 13.2. The Hall–Kier alpha value is -1.88. The molecule has 0 radical (unpaired) electrons. The van der Waals surface area contributed by atoms with Crippen LogP contribution in [0, 0.1) is 5.92 Å². The Bertz CT molecular complexity index is 480. The lowest BCUT2D eigenvalue weighted by Gasteiger charge is -2.20. The molecule has 0 bridgehead atoms. The number of nitrogens with zero attached hydrogens (tertiary/aromatic N) is 1. The molecule has 0 aliphatic rings. The second-order valence-electron chi connectivity index (χ2n) is 6.50. The summed E-state index contributed by atoms with van der Waals surface area (Å²) in [5.74, 6) is -0.428. The van der Waals surface area contributed by atoms with Crippen LogP contribution in [0.5, 0.6) is 0 Å². The lowest BCUT2D eigenvalue weighted by atomic mass is 10.0. The maximum atomic E-state index is 11.8. The average Bonchev–Trinajstić information content (AvgIpc) is 2.46. The second kappa shape index (κ2) is 10.0. The average molecular weight is 321 g/mol. The fraction of sp³-hybridized carbons (Fsp3) is 0.556. The van der Waals surface area contributed by atoms with E-state index in [1.807, 2.05) is 51.1 Å². The highest BCUT2D eigenvalue weighted by Gasteiger charge is 2.19. The van der Waals surface area contributed by atoms with Crippen LogP contribution in [0.15, 0.2) is 35.5 Å². The van der Waals surface area contributed by atoms with Crippen molar-refractivity contribution in [2.45, 2.75) is 52.2 Å². The first-order valence-electron chi connectivity index (χ1n) is 7.92. The third-order valence-electron chi connectivity index (χ3n) is 3.10. The van der Waals surface area contributed by atoms with Gasteiger partial charge in [-0.2, -0.15) is 0 Å². The highest BCUT2D eigenvalue weighted by molar-refractivity contribution is 5.75. The van der Waals surface area contributed by atoms with Gasteiger partial charge in [-0.1, -0.05) is 30.3 Å². The quantitative estimate of drug-likeness (QED) is 0.247. The van der Waals surface area contributed by atoms with Crippen LogP contribution >= 0.6 is 0 Å². The van der Waals surface area contributed by atoms with Crippen molar-refractivity contribution in [2.75, 3.05) is 6.61 Å². The summed E-state index contributed by atoms with van der Waals surface area (Å²) in [7, 11) is 0. The van der Waals surface area contributed by atoms with Gasteiger partial charge in [0.25, 0.3) is 0 Å². The SMILES string of the molecule is CC(C)(C)OC(=O)C[C@@H](/C=N/O)CCCOCc1ccccc1. The molecule has 0 saturated carbocycles. The molecule has 5 heteroatoms. The number of hydrogen-bond donors (Lipinski definition) is 1. The number of carbonyl (C=O) groups is 1. The summed E-state index contributed by atoms with van der Waals surface area (Å²) in [5, 5.41) is 11.8. The molecule has 5 nitrogen and oxygen atoms in total. The number of oxime groups is 1. The van der Waals surface area contributed by atoms with E-state index in [2.05, 4.69) is 5.16 Å². The number of rotatable bonds is 9. The number of esters is 1. The van der Waals surface area contributed by atoms with Crippen LogP contribution in [0.4, 0.5) is 0 Å². The van der Waals surface area contributed by atoms with Gasteiger partial charge >= 0.3 is 5.97 Å². The minimum absolute atomic E-state index is 0.143. The summed E-state index contributed by atoms with van der Waals surface area (Å²) >= 11 is 0. The fourth-order valence-electron chi connectivity index (χ4n) is 2.13. The molecule has 1 aromatic carbocycles. The zero-order chi connectivity index (χ0) is 17.1. The molecule has 0 aliphatic carbocycles. The molecule has 0 aliphatic heterocycles. The van der Waals surface area contributed by atoms with E-state index < -0.39 is 5.60 Å². The van der Waals surface area contributed by atoms with Gasteiger partial charge < -0.3 is 14.7 Å². The van der Waals surface area contributed by atoms with Gasteiger partial charge in [0.2, 0.25) is 0 Å². The molecule has 0 saturated heterocycles. The number of ether oxygens (including phenoxy) is 2. The summed E-state index contributed by atoms with van der Waals surface area (Å²) in [6, 6.07) is 9.97. The van der Waals surface area contributed by atoms with Crippen LogP contribution in [0.2, 0.25) is 0 Å². The molecule has 0 heterocycles. The van der Waals surface area contributed by atoms with Crippen molar-refractivity contribution in [1.29, 1.82) is 0 Å². The van der Waals surface area contributed by atoms with Crippen molar-refractivity contribution >= 4 is 12.2 Å². The maximum Gasteiger partial charge on any atom is 0.306 e. The Balaban J connectivity index is 2.26. The van der Waals surface area contributed by atoms with Crippen LogP contribution in [-0.2, 0) is 20.9 Å². The molecule has 128 valence electrons. The van der Waals surface area contributed by atoms with E-state index in [0.717, 1.165) is 12.0 Å². The van der Waals surface area contributed by atoms with Crippen LogP contribution in [-0.4, -0.2) is 29.6 Å². The smallest absolute Gasteiger partial charge is 0.306 e. The van der Waals surface area contributed by atoms with Gasteiger partial charge in [0.1, 0.15) is 5.60 Å². The Morgan fingerprint density at radius 1 is 1.30 bits per heavy atom. The van der Waals surface area contributed by atoms with E-state index in [0.29, 0.717) is 19.6 Å². The lowest BCUT2D eigenvalue weighted by Crippen LogP contribution is -2.25. The summed E-state index contributed by atoms with van der Waals surface area (Å²) in [6.07, 6.45) is 3.09. The third kappa shape index (κ3) is 9.68. The predicted molar refractivity (Wildman–Crippen MR) is 89.6 cm³/mol. The first-order chi connectivity index (χ1) is 10.9. The third-order valence-corrected chi connectivity index (χ3v) is 3.10. The first-order valence-corrected chi connectivity index (χ1v) is 7.92. The first kappa shape index (κ1) is 19.2. The largest absolute Gasteiger partial charge is 0.460 e. The van der Waals surface area contributed by atoms with E-state index in [4.69, 9.17) is 14.7 Å². The van der Waals surface area contributed by atoms with E-state index in [9.17, 15) is 4.79 Å². The molecule has 1 N–H and O–H groups in total. The molecule has 23 heavy (non-hydrogen) atoms. The van der Waals surface area contributed by atoms with Crippen molar-refractivity contribution in [3.63, 3.8) is 0 Å². The molecule has 1 atom stereocenters. The Morgan fingerprint density at radius 2 is 2.00 bits per heavy atom. The topological polar surface area (TPSA) is 68.1 Å². The summed E-state index contributed by atoms with van der Waals surface area (Å²) < 4.78 is 10.9. The predicted octanol–water partition coefficient (Wildman–Crippen LogP) is 3.79. The molecular formula is C18H27NO4. The molecule has 0 amide bonds. The van der Waals surface area contributed by atoms with Crippen LogP contribution < -0.4 is 0 Å². The monoisotopic (exact) mass is 321 g/mol. The fourth-order valence-corrected chi connectivity index (χ4v) is 2.13. The van der Waals surface area contributed by atoms with Crippen molar-refractivity contribution in [3.05, 3.63) is 35.9 Å². The zero-order valence-corrected chi connectivity index (χ0v) is 14.2. The molecule has 1 aromatic rings. The molecule has 0 unspecified atom stereocenters. The van der Waals surface area contributed by atoms with Gasteiger partial charge in [-0.05, 0) is 39.2 Å². The Labute approximate surface area is 138 Å². The van der Waals surface area contributed by atoms with Crippen LogP contribution in [0.3, 0.4) is 0 Å². The number of carbonyl (C=O) groups excluding carboxylic acids is 1. The molecule has 0 aromatic heterocycles. The van der Waals surface area contributed by atoms with E-state index >= 15 is 0 Å². The van der Waals surface area contributed by atoms with E-state index in [1.54, 1.807) is 0 Å². The van der Waals surface area contributed by atoms with Crippen molar-refractivity contribution in [2.24, 2.45) is 11.1 Å². The summed E-state index contributed by atoms with van der Waals surface area (Å²) in [6.45, 7) is 6.66. The van der Waals surface area contributed by atoms with Gasteiger partial charge in [0.05, 0.1) is 13.0 Å². The molecule has 1 rings (SSSR count). The van der Waals surface area contributed by atoms with E-state index in [1.165, 1.54) is 6.21 Å². The molecule has 0 fully saturated rings.